The number of rotatable bonds is 3. The summed E-state index contributed by atoms with van der Waals surface area (Å²) in [5.74, 6) is -0.380. The molecule has 0 bridgehead atoms. The van der Waals surface area contributed by atoms with Crippen LogP contribution in [0.25, 0.3) is 0 Å². The number of amides is 1. The SMILES string of the molecule is CC1(C)C(=O)NCCN1Cc1ccc(F)cc1C(N)=S. The molecule has 0 radical (unpaired) electrons. The summed E-state index contributed by atoms with van der Waals surface area (Å²) >= 11 is 4.97. The lowest BCUT2D eigenvalue weighted by molar-refractivity contribution is -0.135. The zero-order chi connectivity index (χ0) is 14.9. The second-order valence-electron chi connectivity index (χ2n) is 5.40. The molecule has 3 N–H and O–H groups in total. The molecule has 4 nitrogen and oxygen atoms in total. The number of nitrogens with two attached hydrogens (primary N) is 1. The topological polar surface area (TPSA) is 58.4 Å². The number of piperazine rings is 1. The van der Waals surface area contributed by atoms with Gasteiger partial charge in [-0.05, 0) is 31.5 Å². The quantitative estimate of drug-likeness (QED) is 0.822. The third kappa shape index (κ3) is 2.81. The predicted molar refractivity (Wildman–Crippen MR) is 79.8 cm³/mol. The van der Waals surface area contributed by atoms with Gasteiger partial charge in [0.05, 0.1) is 5.54 Å². The van der Waals surface area contributed by atoms with Gasteiger partial charge in [-0.3, -0.25) is 9.69 Å². The van der Waals surface area contributed by atoms with Crippen molar-refractivity contribution in [1.29, 1.82) is 0 Å². The highest BCUT2D eigenvalue weighted by Gasteiger charge is 2.37. The minimum atomic E-state index is -0.611. The maximum absolute atomic E-state index is 13.3. The maximum atomic E-state index is 13.3. The lowest BCUT2D eigenvalue weighted by Gasteiger charge is -2.41. The normalized spacial score (nSPS) is 18.6. The Morgan fingerprint density at radius 3 is 2.90 bits per heavy atom. The number of hydrogen-bond acceptors (Lipinski definition) is 3. The number of hydrogen-bond donors (Lipinski definition) is 2. The fourth-order valence-corrected chi connectivity index (χ4v) is 2.53. The van der Waals surface area contributed by atoms with Gasteiger partial charge in [0.15, 0.2) is 0 Å². The molecule has 108 valence electrons. The van der Waals surface area contributed by atoms with Crippen LogP contribution in [0.3, 0.4) is 0 Å². The van der Waals surface area contributed by atoms with E-state index in [-0.39, 0.29) is 16.7 Å². The summed E-state index contributed by atoms with van der Waals surface area (Å²) in [7, 11) is 0. The minimum Gasteiger partial charge on any atom is -0.389 e. The first-order valence-corrected chi connectivity index (χ1v) is 6.85. The number of halogens is 1. The molecule has 0 atom stereocenters. The number of nitrogens with zero attached hydrogens (tertiary/aromatic N) is 1. The molecule has 1 fully saturated rings. The molecule has 0 aromatic heterocycles. The van der Waals surface area contributed by atoms with E-state index in [0.29, 0.717) is 18.7 Å². The minimum absolute atomic E-state index is 0.0114. The van der Waals surface area contributed by atoms with Crippen LogP contribution < -0.4 is 11.1 Å². The van der Waals surface area contributed by atoms with Gasteiger partial charge in [0.25, 0.3) is 0 Å². The Hall–Kier alpha value is -1.53. The smallest absolute Gasteiger partial charge is 0.240 e. The first kappa shape index (κ1) is 14.9. The Morgan fingerprint density at radius 1 is 1.55 bits per heavy atom. The zero-order valence-electron chi connectivity index (χ0n) is 11.6. The molecule has 0 spiro atoms. The van der Waals surface area contributed by atoms with E-state index in [1.165, 1.54) is 12.1 Å². The van der Waals surface area contributed by atoms with Gasteiger partial charge < -0.3 is 11.1 Å². The van der Waals surface area contributed by atoms with Crippen LogP contribution in [0.5, 0.6) is 0 Å². The molecule has 0 aliphatic carbocycles. The average molecular weight is 295 g/mol. The highest BCUT2D eigenvalue weighted by atomic mass is 32.1. The van der Waals surface area contributed by atoms with Gasteiger partial charge >= 0.3 is 0 Å². The molecule has 1 saturated heterocycles. The second kappa shape index (κ2) is 5.46. The molecule has 1 amide bonds. The van der Waals surface area contributed by atoms with Crippen LogP contribution in [0.2, 0.25) is 0 Å². The first-order chi connectivity index (χ1) is 9.32. The van der Waals surface area contributed by atoms with Crippen molar-refractivity contribution in [2.45, 2.75) is 25.9 Å². The molecule has 1 aromatic carbocycles. The number of thiocarbonyl (C=S) groups is 1. The van der Waals surface area contributed by atoms with Gasteiger partial charge in [-0.2, -0.15) is 0 Å². The van der Waals surface area contributed by atoms with Gasteiger partial charge in [0.1, 0.15) is 10.8 Å². The number of benzene rings is 1. The van der Waals surface area contributed by atoms with Crippen molar-refractivity contribution in [3.05, 3.63) is 35.1 Å². The van der Waals surface area contributed by atoms with Gasteiger partial charge in [0.2, 0.25) is 5.91 Å². The van der Waals surface area contributed by atoms with E-state index >= 15 is 0 Å². The molecule has 2 rings (SSSR count). The van der Waals surface area contributed by atoms with E-state index in [0.717, 1.165) is 12.1 Å². The average Bonchev–Trinajstić information content (AvgIpc) is 2.37. The van der Waals surface area contributed by atoms with Crippen molar-refractivity contribution in [2.75, 3.05) is 13.1 Å². The number of carbonyl (C=O) groups excluding carboxylic acids is 1. The van der Waals surface area contributed by atoms with E-state index in [1.54, 1.807) is 6.07 Å². The van der Waals surface area contributed by atoms with Crippen LogP contribution in [-0.2, 0) is 11.3 Å². The summed E-state index contributed by atoms with van der Waals surface area (Å²) in [4.78, 5) is 14.1. The van der Waals surface area contributed by atoms with Crippen LogP contribution in [0, 0.1) is 5.82 Å². The molecule has 1 aromatic rings. The van der Waals surface area contributed by atoms with Crippen molar-refractivity contribution in [2.24, 2.45) is 5.73 Å². The number of nitrogens with one attached hydrogen (secondary N) is 1. The van der Waals surface area contributed by atoms with Crippen molar-refractivity contribution < 1.29 is 9.18 Å². The molecule has 0 saturated carbocycles. The molecule has 1 heterocycles. The van der Waals surface area contributed by atoms with E-state index in [1.807, 2.05) is 18.7 Å². The molecule has 0 unspecified atom stereocenters. The fourth-order valence-electron chi connectivity index (χ4n) is 2.34. The summed E-state index contributed by atoms with van der Waals surface area (Å²) < 4.78 is 13.3. The third-order valence-corrected chi connectivity index (χ3v) is 3.93. The van der Waals surface area contributed by atoms with E-state index in [4.69, 9.17) is 18.0 Å². The van der Waals surface area contributed by atoms with Gasteiger partial charge in [-0.1, -0.05) is 18.3 Å². The highest BCUT2D eigenvalue weighted by molar-refractivity contribution is 7.80. The lowest BCUT2D eigenvalue weighted by Crippen LogP contribution is -2.61. The lowest BCUT2D eigenvalue weighted by atomic mass is 9.97. The van der Waals surface area contributed by atoms with Crippen molar-refractivity contribution in [1.82, 2.24) is 10.2 Å². The molecule has 1 aliphatic rings. The van der Waals surface area contributed by atoms with E-state index in [9.17, 15) is 9.18 Å². The van der Waals surface area contributed by atoms with Gasteiger partial charge in [0, 0.05) is 25.2 Å². The Bertz CT molecular complexity index is 559. The Kier molecular flexibility index (Phi) is 4.06. The fraction of sp³-hybridized carbons (Fsp3) is 0.429. The Balaban J connectivity index is 2.30. The molecule has 20 heavy (non-hydrogen) atoms. The van der Waals surface area contributed by atoms with E-state index < -0.39 is 5.54 Å². The van der Waals surface area contributed by atoms with Crippen LogP contribution in [0.4, 0.5) is 4.39 Å². The van der Waals surface area contributed by atoms with Crippen LogP contribution in [0.1, 0.15) is 25.0 Å². The molecule has 1 aliphatic heterocycles. The van der Waals surface area contributed by atoms with Gasteiger partial charge in [-0.15, -0.1) is 0 Å². The van der Waals surface area contributed by atoms with Crippen LogP contribution in [0.15, 0.2) is 18.2 Å². The third-order valence-electron chi connectivity index (χ3n) is 3.71. The molecular weight excluding hydrogens is 277 g/mol. The van der Waals surface area contributed by atoms with Crippen LogP contribution >= 0.6 is 12.2 Å². The number of carbonyl (C=O) groups is 1. The van der Waals surface area contributed by atoms with Crippen molar-refractivity contribution in [3.63, 3.8) is 0 Å². The Morgan fingerprint density at radius 2 is 2.25 bits per heavy atom. The van der Waals surface area contributed by atoms with Crippen LogP contribution in [-0.4, -0.2) is 34.4 Å². The van der Waals surface area contributed by atoms with Crippen molar-refractivity contribution in [3.8, 4) is 0 Å². The summed E-state index contributed by atoms with van der Waals surface area (Å²) in [6, 6.07) is 4.40. The summed E-state index contributed by atoms with van der Waals surface area (Å²) in [5, 5.41) is 2.84. The Labute approximate surface area is 123 Å². The largest absolute Gasteiger partial charge is 0.389 e. The summed E-state index contributed by atoms with van der Waals surface area (Å²) in [6.45, 7) is 5.57. The van der Waals surface area contributed by atoms with Gasteiger partial charge in [-0.25, -0.2) is 4.39 Å². The van der Waals surface area contributed by atoms with Crippen molar-refractivity contribution >= 4 is 23.1 Å². The second-order valence-corrected chi connectivity index (χ2v) is 5.84. The van der Waals surface area contributed by atoms with E-state index in [2.05, 4.69) is 5.32 Å². The first-order valence-electron chi connectivity index (χ1n) is 6.44. The highest BCUT2D eigenvalue weighted by Crippen LogP contribution is 2.22. The predicted octanol–water partition coefficient (Wildman–Crippen LogP) is 1.17. The monoisotopic (exact) mass is 295 g/mol. The standard InChI is InChI=1S/C14H18FN3OS/c1-14(2)13(19)17-5-6-18(14)8-9-3-4-10(15)7-11(9)12(16)20/h3-4,7H,5-6,8H2,1-2H3,(H2,16,20)(H,17,19). The zero-order valence-corrected chi connectivity index (χ0v) is 12.4. The summed E-state index contributed by atoms with van der Waals surface area (Å²) in [6.07, 6.45) is 0. The molecule has 6 heteroatoms. The summed E-state index contributed by atoms with van der Waals surface area (Å²) in [5.41, 5.74) is 6.40. The molecular formula is C14H18FN3OS. The maximum Gasteiger partial charge on any atom is 0.240 e.